The molecule has 6 heteroatoms. The van der Waals surface area contributed by atoms with Crippen molar-refractivity contribution in [1.29, 1.82) is 0 Å². The number of hydrogen-bond donors (Lipinski definition) is 2. The maximum Gasteiger partial charge on any atom is 0.240 e. The van der Waals surface area contributed by atoms with Crippen molar-refractivity contribution >= 4 is 5.91 Å². The Kier molecular flexibility index (Phi) is 5.56. The highest BCUT2D eigenvalue weighted by atomic mass is 16.2. The van der Waals surface area contributed by atoms with Crippen LogP contribution in [0, 0.1) is 5.92 Å². The van der Waals surface area contributed by atoms with Crippen molar-refractivity contribution in [3.8, 4) is 0 Å². The predicted molar refractivity (Wildman–Crippen MR) is 94.2 cm³/mol. The number of aryl methyl sites for hydroxylation is 1. The summed E-state index contributed by atoms with van der Waals surface area (Å²) in [4.78, 5) is 19.2. The number of piperidine rings is 1. The fourth-order valence-electron chi connectivity index (χ4n) is 4.08. The van der Waals surface area contributed by atoms with Crippen molar-refractivity contribution in [3.05, 3.63) is 18.2 Å². The average molecular weight is 333 g/mol. The summed E-state index contributed by atoms with van der Waals surface area (Å²) >= 11 is 0. The number of likely N-dealkylation sites (tertiary alicyclic amines) is 1. The summed E-state index contributed by atoms with van der Waals surface area (Å²) in [6.45, 7) is 3.90. The molecule has 0 bridgehead atoms. The summed E-state index contributed by atoms with van der Waals surface area (Å²) in [6.07, 6.45) is 11.2. The molecule has 0 spiro atoms. The quantitative estimate of drug-likeness (QED) is 0.825. The molecular formula is C18H31N5O. The van der Waals surface area contributed by atoms with Crippen LogP contribution in [-0.2, 0) is 18.4 Å². The van der Waals surface area contributed by atoms with Gasteiger partial charge in [0.1, 0.15) is 5.82 Å². The summed E-state index contributed by atoms with van der Waals surface area (Å²) in [5.41, 5.74) is 5.60. The van der Waals surface area contributed by atoms with Crippen molar-refractivity contribution in [2.75, 3.05) is 19.6 Å². The van der Waals surface area contributed by atoms with Gasteiger partial charge in [-0.2, -0.15) is 0 Å². The molecule has 3 rings (SSSR count). The number of amides is 1. The molecule has 1 atom stereocenters. The molecule has 0 aromatic carbocycles. The van der Waals surface area contributed by atoms with Crippen LogP contribution in [0.2, 0.25) is 0 Å². The van der Waals surface area contributed by atoms with E-state index in [9.17, 15) is 4.79 Å². The van der Waals surface area contributed by atoms with E-state index in [1.165, 1.54) is 12.8 Å². The molecule has 2 fully saturated rings. The fraction of sp³-hybridized carbons (Fsp3) is 0.778. The highest BCUT2D eigenvalue weighted by Gasteiger charge is 2.36. The number of nitrogens with one attached hydrogen (secondary N) is 1. The van der Waals surface area contributed by atoms with Crippen LogP contribution in [0.15, 0.2) is 12.4 Å². The minimum absolute atomic E-state index is 0.0562. The van der Waals surface area contributed by atoms with Crippen LogP contribution in [0.5, 0.6) is 0 Å². The maximum atomic E-state index is 12.3. The number of hydrogen-bond acceptors (Lipinski definition) is 4. The van der Waals surface area contributed by atoms with E-state index in [2.05, 4.69) is 19.8 Å². The largest absolute Gasteiger partial charge is 0.354 e. The first kappa shape index (κ1) is 17.4. The van der Waals surface area contributed by atoms with E-state index in [1.54, 1.807) is 0 Å². The molecule has 0 radical (unpaired) electrons. The Morgan fingerprint density at radius 2 is 2.21 bits per heavy atom. The average Bonchev–Trinajstić information content (AvgIpc) is 3.18. The smallest absolute Gasteiger partial charge is 0.240 e. The van der Waals surface area contributed by atoms with E-state index in [0.29, 0.717) is 5.92 Å². The SMILES string of the molecule is Cn1ccnc1CN1CCC[C@H](CCNC(=O)C2(N)CCCC2)C1. The minimum atomic E-state index is -0.600. The zero-order valence-electron chi connectivity index (χ0n) is 14.8. The van der Waals surface area contributed by atoms with Gasteiger partial charge in [-0.1, -0.05) is 12.8 Å². The molecule has 1 saturated carbocycles. The summed E-state index contributed by atoms with van der Waals surface area (Å²) < 4.78 is 2.09. The fourth-order valence-corrected chi connectivity index (χ4v) is 4.08. The lowest BCUT2D eigenvalue weighted by molar-refractivity contribution is -0.126. The third-order valence-corrected chi connectivity index (χ3v) is 5.68. The molecule has 3 N–H and O–H groups in total. The molecule has 1 amide bonds. The lowest BCUT2D eigenvalue weighted by Crippen LogP contribution is -2.52. The zero-order chi connectivity index (χ0) is 17.0. The third-order valence-electron chi connectivity index (χ3n) is 5.68. The van der Waals surface area contributed by atoms with Gasteiger partial charge in [0.25, 0.3) is 0 Å². The lowest BCUT2D eigenvalue weighted by atomic mass is 9.94. The molecule has 24 heavy (non-hydrogen) atoms. The van der Waals surface area contributed by atoms with E-state index in [4.69, 9.17) is 5.73 Å². The van der Waals surface area contributed by atoms with Crippen LogP contribution in [0.3, 0.4) is 0 Å². The number of carbonyl (C=O) groups excluding carboxylic acids is 1. The van der Waals surface area contributed by atoms with Crippen molar-refractivity contribution in [1.82, 2.24) is 19.8 Å². The molecule has 2 aliphatic rings. The molecule has 2 heterocycles. The van der Waals surface area contributed by atoms with Crippen LogP contribution in [0.1, 0.15) is 50.8 Å². The summed E-state index contributed by atoms with van der Waals surface area (Å²) in [5, 5.41) is 3.08. The Labute approximate surface area is 144 Å². The van der Waals surface area contributed by atoms with Crippen LogP contribution in [0.25, 0.3) is 0 Å². The molecule has 1 aromatic rings. The normalized spacial score (nSPS) is 24.2. The topological polar surface area (TPSA) is 76.2 Å². The molecule has 0 unspecified atom stereocenters. The maximum absolute atomic E-state index is 12.3. The zero-order valence-corrected chi connectivity index (χ0v) is 14.8. The van der Waals surface area contributed by atoms with Crippen molar-refractivity contribution in [2.24, 2.45) is 18.7 Å². The van der Waals surface area contributed by atoms with Gasteiger partial charge in [0.15, 0.2) is 0 Å². The number of nitrogens with two attached hydrogens (primary N) is 1. The predicted octanol–water partition coefficient (Wildman–Crippen LogP) is 1.41. The van der Waals surface area contributed by atoms with Crippen LogP contribution < -0.4 is 11.1 Å². The summed E-state index contributed by atoms with van der Waals surface area (Å²) in [7, 11) is 2.05. The van der Waals surface area contributed by atoms with Crippen molar-refractivity contribution < 1.29 is 4.79 Å². The van der Waals surface area contributed by atoms with Gasteiger partial charge >= 0.3 is 0 Å². The van der Waals surface area contributed by atoms with Gasteiger partial charge < -0.3 is 15.6 Å². The third kappa shape index (κ3) is 4.16. The van der Waals surface area contributed by atoms with Gasteiger partial charge in [-0.05, 0) is 44.6 Å². The lowest BCUT2D eigenvalue weighted by Gasteiger charge is -2.32. The summed E-state index contributed by atoms with van der Waals surface area (Å²) in [6, 6.07) is 0. The number of rotatable bonds is 6. The van der Waals surface area contributed by atoms with Crippen LogP contribution >= 0.6 is 0 Å². The molecule has 6 nitrogen and oxygen atoms in total. The van der Waals surface area contributed by atoms with Crippen LogP contribution in [-0.4, -0.2) is 45.5 Å². The van der Waals surface area contributed by atoms with Gasteiger partial charge in [-0.15, -0.1) is 0 Å². The van der Waals surface area contributed by atoms with Gasteiger partial charge in [0, 0.05) is 32.5 Å². The standard InChI is InChI=1S/C18H31N5O/c1-22-12-10-20-16(22)14-23-11-4-5-15(13-23)6-9-21-17(24)18(19)7-2-3-8-18/h10,12,15H,2-9,11,13-14,19H2,1H3,(H,21,24)/t15-/m1/s1. The van der Waals surface area contributed by atoms with E-state index >= 15 is 0 Å². The summed E-state index contributed by atoms with van der Waals surface area (Å²) in [5.74, 6) is 1.83. The molecule has 1 saturated heterocycles. The van der Waals surface area contributed by atoms with Crippen molar-refractivity contribution in [2.45, 2.75) is 57.0 Å². The first-order valence-corrected chi connectivity index (χ1v) is 9.32. The molecule has 1 aromatic heterocycles. The molecular weight excluding hydrogens is 302 g/mol. The van der Waals surface area contributed by atoms with E-state index < -0.39 is 5.54 Å². The Balaban J connectivity index is 1.41. The number of carbonyl (C=O) groups is 1. The van der Waals surface area contributed by atoms with Crippen molar-refractivity contribution in [3.63, 3.8) is 0 Å². The van der Waals surface area contributed by atoms with Gasteiger partial charge in [-0.25, -0.2) is 4.98 Å². The Hall–Kier alpha value is -1.40. The van der Waals surface area contributed by atoms with E-state index in [-0.39, 0.29) is 5.91 Å². The van der Waals surface area contributed by atoms with E-state index in [0.717, 1.165) is 64.1 Å². The minimum Gasteiger partial charge on any atom is -0.354 e. The molecule has 1 aliphatic heterocycles. The number of imidazole rings is 1. The monoisotopic (exact) mass is 333 g/mol. The second-order valence-electron chi connectivity index (χ2n) is 7.61. The number of nitrogens with zero attached hydrogens (tertiary/aromatic N) is 3. The Bertz CT molecular complexity index is 549. The first-order valence-electron chi connectivity index (χ1n) is 9.32. The Morgan fingerprint density at radius 3 is 2.92 bits per heavy atom. The van der Waals surface area contributed by atoms with Gasteiger partial charge in [0.05, 0.1) is 12.1 Å². The number of aromatic nitrogens is 2. The Morgan fingerprint density at radius 1 is 1.42 bits per heavy atom. The second-order valence-corrected chi connectivity index (χ2v) is 7.61. The second kappa shape index (κ2) is 7.66. The van der Waals surface area contributed by atoms with Crippen LogP contribution in [0.4, 0.5) is 0 Å². The first-order chi connectivity index (χ1) is 11.6. The molecule has 134 valence electrons. The van der Waals surface area contributed by atoms with Gasteiger partial charge in [-0.3, -0.25) is 9.69 Å². The van der Waals surface area contributed by atoms with E-state index in [1.807, 2.05) is 19.4 Å². The highest BCUT2D eigenvalue weighted by molar-refractivity contribution is 5.86. The van der Waals surface area contributed by atoms with Gasteiger partial charge in [0.2, 0.25) is 5.91 Å². The highest BCUT2D eigenvalue weighted by Crippen LogP contribution is 2.27. The molecule has 1 aliphatic carbocycles.